The van der Waals surface area contributed by atoms with Gasteiger partial charge in [0.2, 0.25) is 0 Å². The first-order valence-corrected chi connectivity index (χ1v) is 18.2. The number of cyclic esters (lactones) is 1. The van der Waals surface area contributed by atoms with Crippen LogP contribution in [0.25, 0.3) is 0 Å². The lowest BCUT2D eigenvalue weighted by atomic mass is 9.77. The lowest BCUT2D eigenvalue weighted by molar-refractivity contribution is -0.314. The predicted molar refractivity (Wildman–Crippen MR) is 181 cm³/mol. The van der Waals surface area contributed by atoms with Gasteiger partial charge in [-0.2, -0.15) is 0 Å². The van der Waals surface area contributed by atoms with Crippen molar-refractivity contribution in [2.24, 2.45) is 17.8 Å². The molecule has 3 aliphatic rings. The van der Waals surface area contributed by atoms with Crippen molar-refractivity contribution in [3.8, 4) is 0 Å². The van der Waals surface area contributed by atoms with Crippen molar-refractivity contribution in [1.29, 1.82) is 0 Å². The lowest BCUT2D eigenvalue weighted by Gasteiger charge is -2.48. The number of esters is 1. The minimum Gasteiger partial charge on any atom is -0.459 e. The van der Waals surface area contributed by atoms with E-state index >= 15 is 0 Å². The van der Waals surface area contributed by atoms with E-state index in [0.717, 1.165) is 0 Å². The standard InChI is InChI=1S/C36H67NO12/c1-13-26-36(10,43)29(39)23(6)37(11)18-19(2)16-34(8,42)31(49-33-25(38)15-14-20(3)45-33)21(4)28(22(5)32(41)47-26)48-27-17-35(9,44-12)30(40)24(7)46-27/h19-31,33,38-40,42-43H,13-18H2,1-12H3/t19-,20-,21+,22?,23-,24+,25-,26-,27+,28+,29-,30+,31-,33+,34-,35-,36-/m1/s1. The molecule has 0 amide bonds. The maximum atomic E-state index is 14.1. The highest BCUT2D eigenvalue weighted by Crippen LogP contribution is 2.40. The molecule has 3 heterocycles. The average Bonchev–Trinajstić information content (AvgIpc) is 3.02. The molecule has 13 nitrogen and oxygen atoms in total. The molecule has 0 saturated carbocycles. The number of carbonyl (C=O) groups is 1. The zero-order valence-electron chi connectivity index (χ0n) is 31.9. The van der Waals surface area contributed by atoms with Gasteiger partial charge < -0.3 is 58.9 Å². The second-order valence-electron chi connectivity index (χ2n) is 16.1. The first-order chi connectivity index (χ1) is 22.6. The molecule has 0 aromatic rings. The SMILES string of the molecule is CC[C@H]1OC(=O)C(C)[C@@H](O[C@H]2C[C@@](C)(OC)[C@@H](O)[C@H](C)O2)[C@H](C)[C@@H](O[C@@H]2O[C@H](C)CC[C@H]2O)[C@](C)(O)C[C@@H](C)CN(C)[C@H](C)[C@@H](O)[C@]1(C)O. The number of rotatable bonds is 6. The van der Waals surface area contributed by atoms with Crippen LogP contribution in [0.5, 0.6) is 0 Å². The van der Waals surface area contributed by atoms with Gasteiger partial charge in [-0.1, -0.05) is 20.8 Å². The largest absolute Gasteiger partial charge is 0.459 e. The Hall–Kier alpha value is -0.970. The van der Waals surface area contributed by atoms with Gasteiger partial charge in [0.25, 0.3) is 0 Å². The molecule has 3 rings (SSSR count). The van der Waals surface area contributed by atoms with Crippen molar-refractivity contribution in [3.63, 3.8) is 0 Å². The van der Waals surface area contributed by atoms with E-state index in [2.05, 4.69) is 0 Å². The van der Waals surface area contributed by atoms with Gasteiger partial charge >= 0.3 is 5.97 Å². The highest BCUT2D eigenvalue weighted by atomic mass is 16.7. The first kappa shape index (κ1) is 42.4. The molecule has 1 unspecified atom stereocenters. The van der Waals surface area contributed by atoms with Crippen LogP contribution in [0, 0.1) is 17.8 Å². The van der Waals surface area contributed by atoms with Crippen molar-refractivity contribution < 1.29 is 58.7 Å². The minimum atomic E-state index is -1.79. The van der Waals surface area contributed by atoms with Gasteiger partial charge in [0.05, 0.1) is 41.5 Å². The Morgan fingerprint density at radius 1 is 0.918 bits per heavy atom. The lowest BCUT2D eigenvalue weighted by Crippen LogP contribution is -2.59. The third kappa shape index (κ3) is 9.72. The minimum absolute atomic E-state index is 0.123. The molecule has 0 radical (unpaired) electrons. The summed E-state index contributed by atoms with van der Waals surface area (Å²) < 4.78 is 37.1. The molecule has 0 bridgehead atoms. The van der Waals surface area contributed by atoms with Crippen LogP contribution in [-0.4, -0.2) is 141 Å². The molecule has 3 saturated heterocycles. The van der Waals surface area contributed by atoms with Crippen LogP contribution in [0.2, 0.25) is 0 Å². The summed E-state index contributed by atoms with van der Waals surface area (Å²) in [6.45, 7) is 18.0. The Kier molecular flexibility index (Phi) is 14.5. The maximum absolute atomic E-state index is 14.1. The number of hydrogen-bond acceptors (Lipinski definition) is 13. The summed E-state index contributed by atoms with van der Waals surface area (Å²) in [5.41, 5.74) is -4.32. The number of aliphatic hydroxyl groups excluding tert-OH is 3. The van der Waals surface area contributed by atoms with Crippen LogP contribution in [-0.2, 0) is 33.2 Å². The molecule has 3 fully saturated rings. The van der Waals surface area contributed by atoms with Crippen molar-refractivity contribution in [3.05, 3.63) is 0 Å². The molecule has 13 heteroatoms. The number of methoxy groups -OCH3 is 1. The van der Waals surface area contributed by atoms with Crippen molar-refractivity contribution >= 4 is 5.97 Å². The number of likely N-dealkylation sites (N-methyl/N-ethyl adjacent to an activating group) is 1. The molecule has 0 aliphatic carbocycles. The van der Waals surface area contributed by atoms with Gasteiger partial charge in [-0.3, -0.25) is 4.79 Å². The summed E-state index contributed by atoms with van der Waals surface area (Å²) in [6, 6.07) is -0.525. The van der Waals surface area contributed by atoms with Crippen LogP contribution in [0.1, 0.15) is 101 Å². The third-order valence-electron chi connectivity index (χ3n) is 11.5. The normalized spacial score (nSPS) is 50.3. The molecule has 3 aliphatic heterocycles. The summed E-state index contributed by atoms with van der Waals surface area (Å²) in [5, 5.41) is 57.2. The summed E-state index contributed by atoms with van der Waals surface area (Å²) in [7, 11) is 3.35. The Morgan fingerprint density at radius 2 is 1.55 bits per heavy atom. The monoisotopic (exact) mass is 705 g/mol. The second-order valence-corrected chi connectivity index (χ2v) is 16.1. The van der Waals surface area contributed by atoms with E-state index in [-0.39, 0.29) is 31.3 Å². The van der Waals surface area contributed by atoms with Gasteiger partial charge in [-0.15, -0.1) is 0 Å². The van der Waals surface area contributed by atoms with Gasteiger partial charge in [-0.25, -0.2) is 0 Å². The Morgan fingerprint density at radius 3 is 2.14 bits per heavy atom. The molecule has 0 spiro atoms. The Bertz CT molecular complexity index is 1060. The zero-order chi connectivity index (χ0) is 37.2. The zero-order valence-corrected chi connectivity index (χ0v) is 31.9. The van der Waals surface area contributed by atoms with E-state index in [1.165, 1.54) is 14.0 Å². The molecule has 0 aromatic heterocycles. The van der Waals surface area contributed by atoms with E-state index in [0.29, 0.717) is 19.4 Å². The fourth-order valence-corrected chi connectivity index (χ4v) is 8.13. The van der Waals surface area contributed by atoms with Crippen LogP contribution in [0.3, 0.4) is 0 Å². The molecular formula is C36H67NO12. The molecular weight excluding hydrogens is 638 g/mol. The predicted octanol–water partition coefficient (Wildman–Crippen LogP) is 2.36. The Balaban J connectivity index is 2.14. The highest BCUT2D eigenvalue weighted by Gasteiger charge is 2.52. The number of ether oxygens (including phenoxy) is 6. The average molecular weight is 706 g/mol. The van der Waals surface area contributed by atoms with E-state index in [1.54, 1.807) is 41.5 Å². The van der Waals surface area contributed by atoms with Crippen LogP contribution in [0.4, 0.5) is 0 Å². The van der Waals surface area contributed by atoms with E-state index < -0.39 is 96.0 Å². The van der Waals surface area contributed by atoms with Gasteiger partial charge in [0.1, 0.15) is 30.0 Å². The van der Waals surface area contributed by atoms with Gasteiger partial charge in [-0.05, 0) is 87.1 Å². The van der Waals surface area contributed by atoms with Crippen molar-refractivity contribution in [1.82, 2.24) is 4.90 Å². The van der Waals surface area contributed by atoms with E-state index in [9.17, 15) is 30.3 Å². The number of hydrogen-bond donors (Lipinski definition) is 5. The molecule has 288 valence electrons. The van der Waals surface area contributed by atoms with Crippen LogP contribution >= 0.6 is 0 Å². The summed E-state index contributed by atoms with van der Waals surface area (Å²) >= 11 is 0. The summed E-state index contributed by atoms with van der Waals surface area (Å²) in [6.07, 6.45) is -7.23. The van der Waals surface area contributed by atoms with Crippen LogP contribution in [0.15, 0.2) is 0 Å². The van der Waals surface area contributed by atoms with Crippen molar-refractivity contribution in [2.45, 2.75) is 186 Å². The second kappa shape index (κ2) is 16.8. The molecule has 5 N–H and O–H groups in total. The quantitative estimate of drug-likeness (QED) is 0.255. The molecule has 17 atom stereocenters. The summed E-state index contributed by atoms with van der Waals surface area (Å²) in [4.78, 5) is 16.0. The Labute approximate surface area is 293 Å². The number of nitrogens with zero attached hydrogens (tertiary/aromatic N) is 1. The number of aliphatic hydroxyl groups is 5. The number of carbonyl (C=O) groups excluding carboxylic acids is 1. The van der Waals surface area contributed by atoms with Gasteiger partial charge in [0.15, 0.2) is 12.6 Å². The highest BCUT2D eigenvalue weighted by molar-refractivity contribution is 5.73. The fourth-order valence-electron chi connectivity index (χ4n) is 8.13. The first-order valence-electron chi connectivity index (χ1n) is 18.2. The van der Waals surface area contributed by atoms with E-state index in [1.807, 2.05) is 32.7 Å². The maximum Gasteiger partial charge on any atom is 0.311 e. The van der Waals surface area contributed by atoms with E-state index in [4.69, 9.17) is 28.4 Å². The van der Waals surface area contributed by atoms with Crippen LogP contribution < -0.4 is 0 Å². The summed E-state index contributed by atoms with van der Waals surface area (Å²) in [5.74, 6) is -2.51. The fraction of sp³-hybridized carbons (Fsp3) is 0.972. The molecule has 0 aromatic carbocycles. The van der Waals surface area contributed by atoms with Gasteiger partial charge in [0, 0.05) is 32.0 Å². The smallest absolute Gasteiger partial charge is 0.311 e. The third-order valence-corrected chi connectivity index (χ3v) is 11.5. The topological polar surface area (TPSA) is 177 Å². The molecule has 49 heavy (non-hydrogen) atoms. The van der Waals surface area contributed by atoms with Crippen molar-refractivity contribution in [2.75, 3.05) is 20.7 Å².